The molecule has 0 saturated carbocycles. The number of amides is 1. The Hall–Kier alpha value is -1.73. The second-order valence-corrected chi connectivity index (χ2v) is 5.31. The second-order valence-electron chi connectivity index (χ2n) is 4.88. The first-order chi connectivity index (χ1) is 8.87. The Morgan fingerprint density at radius 2 is 2.00 bits per heavy atom. The van der Waals surface area contributed by atoms with Crippen molar-refractivity contribution in [1.29, 1.82) is 5.26 Å². The zero-order valence-electron chi connectivity index (χ0n) is 11.3. The molecule has 102 valence electrons. The number of hydrogen-bond donors (Lipinski definition) is 2. The largest absolute Gasteiger partial charge is 0.376 e. The van der Waals surface area contributed by atoms with E-state index < -0.39 is 5.54 Å². The van der Waals surface area contributed by atoms with Crippen molar-refractivity contribution in [2.24, 2.45) is 5.92 Å². The molecule has 0 radical (unpaired) electrons. The highest BCUT2D eigenvalue weighted by Gasteiger charge is 2.29. The summed E-state index contributed by atoms with van der Waals surface area (Å²) in [5, 5.41) is 15.5. The smallest absolute Gasteiger partial charge is 0.240 e. The number of nitrogens with one attached hydrogen (secondary N) is 2. The van der Waals surface area contributed by atoms with Gasteiger partial charge in [0, 0.05) is 10.7 Å². The first-order valence-corrected chi connectivity index (χ1v) is 6.47. The lowest BCUT2D eigenvalue weighted by Gasteiger charge is -2.27. The van der Waals surface area contributed by atoms with Crippen LogP contribution in [-0.2, 0) is 4.79 Å². The van der Waals surface area contributed by atoms with Crippen LogP contribution in [0.15, 0.2) is 24.3 Å². The minimum absolute atomic E-state index is 0.0389. The third-order valence-electron chi connectivity index (χ3n) is 3.08. The second kappa shape index (κ2) is 6.44. The highest BCUT2D eigenvalue weighted by molar-refractivity contribution is 6.30. The normalized spacial score (nSPS) is 13.5. The van der Waals surface area contributed by atoms with Gasteiger partial charge in [-0.2, -0.15) is 5.26 Å². The molecule has 0 bridgehead atoms. The molecule has 0 spiro atoms. The summed E-state index contributed by atoms with van der Waals surface area (Å²) in [7, 11) is 0. The predicted molar refractivity (Wildman–Crippen MR) is 76.9 cm³/mol. The van der Waals surface area contributed by atoms with Gasteiger partial charge in [-0.25, -0.2) is 0 Å². The minimum Gasteiger partial charge on any atom is -0.376 e. The molecule has 0 saturated heterocycles. The highest BCUT2D eigenvalue weighted by Crippen LogP contribution is 2.15. The summed E-state index contributed by atoms with van der Waals surface area (Å²) < 4.78 is 0. The van der Waals surface area contributed by atoms with Crippen molar-refractivity contribution in [2.75, 3.05) is 11.9 Å². The number of benzene rings is 1. The summed E-state index contributed by atoms with van der Waals surface area (Å²) >= 11 is 5.77. The third-order valence-corrected chi connectivity index (χ3v) is 3.34. The van der Waals surface area contributed by atoms with E-state index in [0.717, 1.165) is 5.69 Å². The van der Waals surface area contributed by atoms with Crippen LogP contribution in [0.2, 0.25) is 5.02 Å². The van der Waals surface area contributed by atoms with E-state index in [9.17, 15) is 4.79 Å². The van der Waals surface area contributed by atoms with Crippen molar-refractivity contribution in [1.82, 2.24) is 5.32 Å². The number of hydrogen-bond acceptors (Lipinski definition) is 3. The Morgan fingerprint density at radius 3 is 2.47 bits per heavy atom. The molecule has 0 fully saturated rings. The zero-order valence-corrected chi connectivity index (χ0v) is 12.1. The van der Waals surface area contributed by atoms with Crippen molar-refractivity contribution < 1.29 is 4.79 Å². The van der Waals surface area contributed by atoms with Gasteiger partial charge in [0.1, 0.15) is 5.54 Å². The molecule has 0 aliphatic carbocycles. The molecule has 1 rings (SSSR count). The first kappa shape index (κ1) is 15.3. The first-order valence-electron chi connectivity index (χ1n) is 6.09. The van der Waals surface area contributed by atoms with E-state index in [0.29, 0.717) is 5.02 Å². The lowest BCUT2D eigenvalue weighted by atomic mass is 9.90. The van der Waals surface area contributed by atoms with Gasteiger partial charge in [0.05, 0.1) is 12.6 Å². The van der Waals surface area contributed by atoms with Crippen LogP contribution in [0.5, 0.6) is 0 Å². The number of halogens is 1. The average Bonchev–Trinajstić information content (AvgIpc) is 2.37. The maximum atomic E-state index is 11.8. The molecule has 0 aliphatic heterocycles. The summed E-state index contributed by atoms with van der Waals surface area (Å²) in [6.07, 6.45) is 0. The fourth-order valence-electron chi connectivity index (χ4n) is 1.39. The summed E-state index contributed by atoms with van der Waals surface area (Å²) in [6.45, 7) is 5.63. The lowest BCUT2D eigenvalue weighted by molar-refractivity contribution is -0.121. The average molecular weight is 280 g/mol. The van der Waals surface area contributed by atoms with Crippen LogP contribution >= 0.6 is 11.6 Å². The maximum absolute atomic E-state index is 11.8. The number of carbonyl (C=O) groups is 1. The summed E-state index contributed by atoms with van der Waals surface area (Å²) in [5.74, 6) is -0.176. The Morgan fingerprint density at radius 1 is 1.42 bits per heavy atom. The van der Waals surface area contributed by atoms with Crippen molar-refractivity contribution in [2.45, 2.75) is 26.3 Å². The van der Waals surface area contributed by atoms with E-state index in [1.54, 1.807) is 31.2 Å². The molecular formula is C14H18ClN3O. The molecule has 1 aromatic carbocycles. The molecule has 0 unspecified atom stereocenters. The van der Waals surface area contributed by atoms with Gasteiger partial charge in [0.25, 0.3) is 0 Å². The van der Waals surface area contributed by atoms with E-state index in [-0.39, 0.29) is 18.4 Å². The number of carbonyl (C=O) groups excluding carboxylic acids is 1. The molecule has 1 atom stereocenters. The van der Waals surface area contributed by atoms with Crippen LogP contribution in [0.3, 0.4) is 0 Å². The molecule has 1 amide bonds. The number of nitrogens with zero attached hydrogens (tertiary/aromatic N) is 1. The Balaban J connectivity index is 2.53. The van der Waals surface area contributed by atoms with Crippen molar-refractivity contribution >= 4 is 23.2 Å². The maximum Gasteiger partial charge on any atom is 0.240 e. The molecular weight excluding hydrogens is 262 g/mol. The SMILES string of the molecule is CC(C)[C@@](C)(C#N)NC(=O)CNc1ccc(Cl)cc1. The van der Waals surface area contributed by atoms with E-state index >= 15 is 0 Å². The molecule has 2 N–H and O–H groups in total. The monoisotopic (exact) mass is 279 g/mol. The highest BCUT2D eigenvalue weighted by atomic mass is 35.5. The van der Waals surface area contributed by atoms with Crippen LogP contribution in [0, 0.1) is 17.2 Å². The molecule has 1 aromatic rings. The summed E-state index contributed by atoms with van der Waals surface area (Å²) in [6, 6.07) is 9.21. The van der Waals surface area contributed by atoms with Gasteiger partial charge < -0.3 is 10.6 Å². The standard InChI is InChI=1S/C14H18ClN3O/c1-10(2)14(3,9-16)18-13(19)8-17-12-6-4-11(15)5-7-12/h4-7,10,17H,8H2,1-3H3,(H,18,19)/t14-/m1/s1. The molecule has 0 heterocycles. The van der Waals surface area contributed by atoms with E-state index in [1.807, 2.05) is 13.8 Å². The van der Waals surface area contributed by atoms with E-state index in [4.69, 9.17) is 16.9 Å². The molecule has 19 heavy (non-hydrogen) atoms. The summed E-state index contributed by atoms with van der Waals surface area (Å²) in [4.78, 5) is 11.8. The molecule has 4 nitrogen and oxygen atoms in total. The van der Waals surface area contributed by atoms with Crippen molar-refractivity contribution in [3.63, 3.8) is 0 Å². The van der Waals surface area contributed by atoms with Gasteiger partial charge in [0.2, 0.25) is 5.91 Å². The topological polar surface area (TPSA) is 64.9 Å². The quantitative estimate of drug-likeness (QED) is 0.871. The van der Waals surface area contributed by atoms with Crippen LogP contribution in [0.1, 0.15) is 20.8 Å². The van der Waals surface area contributed by atoms with Crippen LogP contribution in [0.4, 0.5) is 5.69 Å². The van der Waals surface area contributed by atoms with Crippen LogP contribution in [0.25, 0.3) is 0 Å². The van der Waals surface area contributed by atoms with Crippen molar-refractivity contribution in [3.05, 3.63) is 29.3 Å². The minimum atomic E-state index is -0.848. The van der Waals surface area contributed by atoms with E-state index in [1.165, 1.54) is 0 Å². The molecule has 0 aliphatic rings. The fraction of sp³-hybridized carbons (Fsp3) is 0.429. The van der Waals surface area contributed by atoms with Gasteiger partial charge in [-0.3, -0.25) is 4.79 Å². The van der Waals surface area contributed by atoms with Gasteiger partial charge >= 0.3 is 0 Å². The summed E-state index contributed by atoms with van der Waals surface area (Å²) in [5.41, 5.74) is -0.0403. The lowest BCUT2D eigenvalue weighted by Crippen LogP contribution is -2.50. The number of nitriles is 1. The zero-order chi connectivity index (χ0) is 14.5. The Bertz CT molecular complexity index is 478. The Kier molecular flexibility index (Phi) is 5.20. The Labute approximate surface area is 118 Å². The number of rotatable bonds is 5. The third kappa shape index (κ3) is 4.46. The van der Waals surface area contributed by atoms with Crippen LogP contribution in [-0.4, -0.2) is 18.0 Å². The van der Waals surface area contributed by atoms with Gasteiger partial charge in [-0.05, 0) is 37.1 Å². The van der Waals surface area contributed by atoms with Gasteiger partial charge in [-0.15, -0.1) is 0 Å². The molecule has 5 heteroatoms. The fourth-order valence-corrected chi connectivity index (χ4v) is 1.51. The van der Waals surface area contributed by atoms with Crippen molar-refractivity contribution in [3.8, 4) is 6.07 Å². The van der Waals surface area contributed by atoms with Gasteiger partial charge in [-0.1, -0.05) is 25.4 Å². The van der Waals surface area contributed by atoms with E-state index in [2.05, 4.69) is 16.7 Å². The van der Waals surface area contributed by atoms with Gasteiger partial charge in [0.15, 0.2) is 0 Å². The molecule has 0 aromatic heterocycles. The van der Waals surface area contributed by atoms with Crippen LogP contribution < -0.4 is 10.6 Å². The predicted octanol–water partition coefficient (Wildman–Crippen LogP) is 2.81. The number of anilines is 1.